The van der Waals surface area contributed by atoms with Crippen molar-refractivity contribution < 1.29 is 22.3 Å². The summed E-state index contributed by atoms with van der Waals surface area (Å²) in [5.74, 6) is 0.974. The van der Waals surface area contributed by atoms with E-state index in [1.165, 1.54) is 23.9 Å². The van der Waals surface area contributed by atoms with Crippen LogP contribution < -0.4 is 4.74 Å². The van der Waals surface area contributed by atoms with E-state index in [9.17, 15) is 13.2 Å². The smallest absolute Gasteiger partial charge is 0.467 e. The standard InChI is InChI=1S/C14H11F3N4O2S/c15-14(16,17)23-11-5-3-10(4-6-11)9-24-13-18-19-20-21(13)8-12-2-1-7-22-12/h1-7H,8-9H2. The van der Waals surface area contributed by atoms with Gasteiger partial charge in [-0.05, 0) is 40.3 Å². The first-order valence-electron chi connectivity index (χ1n) is 6.76. The summed E-state index contributed by atoms with van der Waals surface area (Å²) >= 11 is 1.37. The number of hydrogen-bond acceptors (Lipinski definition) is 6. The average Bonchev–Trinajstić information content (AvgIpc) is 3.17. The summed E-state index contributed by atoms with van der Waals surface area (Å²) in [6, 6.07) is 9.26. The Bertz CT molecular complexity index is 772. The highest BCUT2D eigenvalue weighted by Gasteiger charge is 2.30. The Labute approximate surface area is 138 Å². The van der Waals surface area contributed by atoms with Crippen molar-refractivity contribution in [2.24, 2.45) is 0 Å². The molecule has 2 heterocycles. The molecule has 0 spiro atoms. The molecular formula is C14H11F3N4O2S. The van der Waals surface area contributed by atoms with Gasteiger partial charge in [0.2, 0.25) is 5.16 Å². The summed E-state index contributed by atoms with van der Waals surface area (Å²) in [4.78, 5) is 0. The minimum atomic E-state index is -4.69. The van der Waals surface area contributed by atoms with E-state index < -0.39 is 6.36 Å². The number of aromatic nitrogens is 4. The average molecular weight is 356 g/mol. The molecule has 24 heavy (non-hydrogen) atoms. The van der Waals surface area contributed by atoms with Crippen molar-refractivity contribution >= 4 is 11.8 Å². The third kappa shape index (κ3) is 4.51. The lowest BCUT2D eigenvalue weighted by Crippen LogP contribution is -2.16. The molecule has 10 heteroatoms. The Morgan fingerprint density at radius 1 is 1.17 bits per heavy atom. The summed E-state index contributed by atoms with van der Waals surface area (Å²) in [7, 11) is 0. The molecule has 0 aliphatic rings. The van der Waals surface area contributed by atoms with Crippen molar-refractivity contribution in [3.8, 4) is 5.75 Å². The molecule has 0 atom stereocenters. The predicted octanol–water partition coefficient (Wildman–Crippen LogP) is 3.51. The maximum absolute atomic E-state index is 12.1. The molecule has 0 amide bonds. The monoisotopic (exact) mass is 356 g/mol. The van der Waals surface area contributed by atoms with Crippen LogP contribution in [0.5, 0.6) is 5.75 Å². The number of thioether (sulfide) groups is 1. The van der Waals surface area contributed by atoms with Gasteiger partial charge in [-0.2, -0.15) is 0 Å². The van der Waals surface area contributed by atoms with Crippen molar-refractivity contribution in [3.63, 3.8) is 0 Å². The van der Waals surface area contributed by atoms with Crippen LogP contribution in [-0.4, -0.2) is 26.6 Å². The Morgan fingerprint density at radius 3 is 2.62 bits per heavy atom. The fraction of sp³-hybridized carbons (Fsp3) is 0.214. The van der Waals surface area contributed by atoms with Crippen molar-refractivity contribution in [1.82, 2.24) is 20.2 Å². The number of alkyl halides is 3. The van der Waals surface area contributed by atoms with E-state index in [-0.39, 0.29) is 5.75 Å². The van der Waals surface area contributed by atoms with Crippen LogP contribution in [0.1, 0.15) is 11.3 Å². The molecule has 0 unspecified atom stereocenters. The quantitative estimate of drug-likeness (QED) is 0.630. The van der Waals surface area contributed by atoms with E-state index >= 15 is 0 Å². The molecule has 0 aliphatic heterocycles. The zero-order valence-corrected chi connectivity index (χ0v) is 12.9. The number of halogens is 3. The normalized spacial score (nSPS) is 11.6. The second-order valence-corrected chi connectivity index (χ2v) is 5.62. The van der Waals surface area contributed by atoms with Crippen LogP contribution in [0.15, 0.2) is 52.2 Å². The van der Waals surface area contributed by atoms with Gasteiger partial charge in [0.15, 0.2) is 0 Å². The Balaban J connectivity index is 1.59. The fourth-order valence-corrected chi connectivity index (χ4v) is 2.72. The largest absolute Gasteiger partial charge is 0.573 e. The molecule has 0 saturated heterocycles. The number of tetrazole rings is 1. The zero-order chi connectivity index (χ0) is 17.0. The number of rotatable bonds is 6. The molecule has 3 aromatic rings. The third-order valence-corrected chi connectivity index (χ3v) is 3.94. The van der Waals surface area contributed by atoms with E-state index in [4.69, 9.17) is 4.42 Å². The first-order chi connectivity index (χ1) is 11.5. The number of hydrogen-bond donors (Lipinski definition) is 0. The summed E-state index contributed by atoms with van der Waals surface area (Å²) in [6.07, 6.45) is -3.12. The van der Waals surface area contributed by atoms with Gasteiger partial charge >= 0.3 is 6.36 Å². The Hall–Kier alpha value is -2.49. The topological polar surface area (TPSA) is 66.0 Å². The lowest BCUT2D eigenvalue weighted by molar-refractivity contribution is -0.274. The van der Waals surface area contributed by atoms with Gasteiger partial charge in [-0.15, -0.1) is 18.3 Å². The fourth-order valence-electron chi connectivity index (χ4n) is 1.88. The molecule has 3 rings (SSSR count). The molecule has 6 nitrogen and oxygen atoms in total. The lowest BCUT2D eigenvalue weighted by atomic mass is 10.2. The van der Waals surface area contributed by atoms with Crippen LogP contribution in [-0.2, 0) is 12.3 Å². The van der Waals surface area contributed by atoms with Crippen molar-refractivity contribution in [1.29, 1.82) is 0 Å². The molecule has 0 aliphatic carbocycles. The van der Waals surface area contributed by atoms with E-state index in [0.29, 0.717) is 17.5 Å². The first-order valence-corrected chi connectivity index (χ1v) is 7.74. The van der Waals surface area contributed by atoms with Crippen LogP contribution in [0.2, 0.25) is 0 Å². The van der Waals surface area contributed by atoms with Crippen LogP contribution in [0.4, 0.5) is 13.2 Å². The number of furan rings is 1. The predicted molar refractivity (Wildman–Crippen MR) is 78.3 cm³/mol. The van der Waals surface area contributed by atoms with E-state index in [1.807, 2.05) is 6.07 Å². The van der Waals surface area contributed by atoms with Crippen LogP contribution in [0.25, 0.3) is 0 Å². The summed E-state index contributed by atoms with van der Waals surface area (Å²) in [6.45, 7) is 0.403. The molecular weight excluding hydrogens is 345 g/mol. The number of ether oxygens (including phenoxy) is 1. The highest BCUT2D eigenvalue weighted by Crippen LogP contribution is 2.25. The van der Waals surface area contributed by atoms with Gasteiger partial charge < -0.3 is 9.15 Å². The first kappa shape index (κ1) is 16.4. The van der Waals surface area contributed by atoms with Gasteiger partial charge in [0.25, 0.3) is 0 Å². The summed E-state index contributed by atoms with van der Waals surface area (Å²) in [5, 5.41) is 12.0. The molecule has 0 bridgehead atoms. The Morgan fingerprint density at radius 2 is 1.96 bits per heavy atom. The van der Waals surface area contributed by atoms with Gasteiger partial charge in [0, 0.05) is 5.75 Å². The second kappa shape index (κ2) is 6.95. The zero-order valence-electron chi connectivity index (χ0n) is 12.1. The van der Waals surface area contributed by atoms with Gasteiger partial charge in [-0.1, -0.05) is 23.9 Å². The molecule has 0 N–H and O–H groups in total. The molecule has 126 valence electrons. The van der Waals surface area contributed by atoms with E-state index in [0.717, 1.165) is 11.3 Å². The third-order valence-electron chi connectivity index (χ3n) is 2.91. The van der Waals surface area contributed by atoms with Crippen molar-refractivity contribution in [3.05, 3.63) is 54.0 Å². The van der Waals surface area contributed by atoms with E-state index in [2.05, 4.69) is 20.3 Å². The van der Waals surface area contributed by atoms with Crippen molar-refractivity contribution in [2.45, 2.75) is 23.8 Å². The van der Waals surface area contributed by atoms with Gasteiger partial charge in [0.05, 0.1) is 6.26 Å². The summed E-state index contributed by atoms with van der Waals surface area (Å²) in [5.41, 5.74) is 0.821. The molecule has 0 saturated carbocycles. The minimum Gasteiger partial charge on any atom is -0.467 e. The van der Waals surface area contributed by atoms with Gasteiger partial charge in [-0.3, -0.25) is 0 Å². The minimum absolute atomic E-state index is 0.251. The molecule has 0 fully saturated rings. The van der Waals surface area contributed by atoms with Crippen LogP contribution >= 0.6 is 11.8 Å². The van der Waals surface area contributed by atoms with Crippen molar-refractivity contribution in [2.75, 3.05) is 0 Å². The number of benzene rings is 1. The second-order valence-electron chi connectivity index (χ2n) is 4.68. The van der Waals surface area contributed by atoms with Gasteiger partial charge in [-0.25, -0.2) is 4.68 Å². The highest BCUT2D eigenvalue weighted by molar-refractivity contribution is 7.98. The lowest BCUT2D eigenvalue weighted by Gasteiger charge is -2.09. The Kier molecular flexibility index (Phi) is 4.74. The van der Waals surface area contributed by atoms with Crippen LogP contribution in [0, 0.1) is 0 Å². The molecule has 0 radical (unpaired) electrons. The SMILES string of the molecule is FC(F)(F)Oc1ccc(CSc2nnnn2Cc2ccco2)cc1. The molecule has 2 aromatic heterocycles. The van der Waals surface area contributed by atoms with Crippen LogP contribution in [0.3, 0.4) is 0 Å². The number of nitrogens with zero attached hydrogens (tertiary/aromatic N) is 4. The maximum Gasteiger partial charge on any atom is 0.573 e. The summed E-state index contributed by atoms with van der Waals surface area (Å²) < 4.78 is 47.0. The molecule has 1 aromatic carbocycles. The maximum atomic E-state index is 12.1. The van der Waals surface area contributed by atoms with E-state index in [1.54, 1.807) is 29.1 Å². The van der Waals surface area contributed by atoms with Gasteiger partial charge in [0.1, 0.15) is 18.1 Å². The highest BCUT2D eigenvalue weighted by atomic mass is 32.2.